The topological polar surface area (TPSA) is 96.0 Å². The Labute approximate surface area is 244 Å². The summed E-state index contributed by atoms with van der Waals surface area (Å²) in [6, 6.07) is 24.5. The number of sulfonamides is 1. The summed E-state index contributed by atoms with van der Waals surface area (Å²) in [6.07, 6.45) is 0.711. The number of benzene rings is 3. The summed E-state index contributed by atoms with van der Waals surface area (Å²) in [6.45, 7) is 6.07. The van der Waals surface area contributed by atoms with E-state index in [9.17, 15) is 18.0 Å². The monoisotopic (exact) mass is 579 g/mol. The summed E-state index contributed by atoms with van der Waals surface area (Å²) in [5.41, 5.74) is 1.26. The lowest BCUT2D eigenvalue weighted by Crippen LogP contribution is -2.54. The summed E-state index contributed by atoms with van der Waals surface area (Å²) in [7, 11) is -0.584. The predicted molar refractivity (Wildman–Crippen MR) is 161 cm³/mol. The van der Waals surface area contributed by atoms with E-state index in [2.05, 4.69) is 5.32 Å². The van der Waals surface area contributed by atoms with Gasteiger partial charge in [-0.3, -0.25) is 9.59 Å². The highest BCUT2D eigenvalue weighted by Crippen LogP contribution is 2.21. The standard InChI is InChI=1S/C32H41N3O5S/c1-32(2,3)33-31(37)29(23-25-14-8-6-9-15-25)35(24-26-16-12-17-27(22-26)40-5)30(36)20-13-21-34(4)41(38,39)28-18-10-7-11-19-28/h6-12,14-19,22,29H,13,20-21,23-24H2,1-5H3,(H,33,37)/t29-/m0/s1. The zero-order chi connectivity index (χ0) is 30.0. The van der Waals surface area contributed by atoms with E-state index in [1.165, 1.54) is 11.4 Å². The Morgan fingerprint density at radius 1 is 0.902 bits per heavy atom. The first-order chi connectivity index (χ1) is 19.4. The van der Waals surface area contributed by atoms with Crippen LogP contribution in [-0.4, -0.2) is 61.7 Å². The Bertz CT molecular complexity index is 1390. The van der Waals surface area contributed by atoms with Crippen LogP contribution in [0.1, 0.15) is 44.7 Å². The molecule has 9 heteroatoms. The van der Waals surface area contributed by atoms with Crippen molar-refractivity contribution in [1.29, 1.82) is 0 Å². The molecule has 3 aromatic carbocycles. The van der Waals surface area contributed by atoms with Gasteiger partial charge in [0.1, 0.15) is 11.8 Å². The maximum absolute atomic E-state index is 13.9. The minimum atomic E-state index is -3.67. The third kappa shape index (κ3) is 9.43. The van der Waals surface area contributed by atoms with Crippen molar-refractivity contribution in [2.24, 2.45) is 0 Å². The van der Waals surface area contributed by atoms with E-state index in [0.29, 0.717) is 18.6 Å². The fourth-order valence-electron chi connectivity index (χ4n) is 4.46. The van der Waals surface area contributed by atoms with Crippen LogP contribution < -0.4 is 10.1 Å². The van der Waals surface area contributed by atoms with Crippen molar-refractivity contribution < 1.29 is 22.7 Å². The van der Waals surface area contributed by atoms with E-state index in [4.69, 9.17) is 4.74 Å². The molecule has 41 heavy (non-hydrogen) atoms. The molecule has 8 nitrogen and oxygen atoms in total. The maximum atomic E-state index is 13.9. The van der Waals surface area contributed by atoms with Crippen molar-refractivity contribution in [1.82, 2.24) is 14.5 Å². The number of methoxy groups -OCH3 is 1. The van der Waals surface area contributed by atoms with Crippen LogP contribution in [0.4, 0.5) is 0 Å². The van der Waals surface area contributed by atoms with Crippen molar-refractivity contribution in [3.05, 3.63) is 96.1 Å². The fourth-order valence-corrected chi connectivity index (χ4v) is 5.69. The highest BCUT2D eigenvalue weighted by molar-refractivity contribution is 7.89. The maximum Gasteiger partial charge on any atom is 0.243 e. The fraction of sp³-hybridized carbons (Fsp3) is 0.375. The first-order valence-electron chi connectivity index (χ1n) is 13.7. The third-order valence-corrected chi connectivity index (χ3v) is 8.44. The van der Waals surface area contributed by atoms with Crippen LogP contribution in [0, 0.1) is 0 Å². The van der Waals surface area contributed by atoms with Crippen LogP contribution in [0.25, 0.3) is 0 Å². The number of hydrogen-bond donors (Lipinski definition) is 1. The third-order valence-electron chi connectivity index (χ3n) is 6.57. The van der Waals surface area contributed by atoms with Crippen molar-refractivity contribution in [2.45, 2.75) is 63.1 Å². The largest absolute Gasteiger partial charge is 0.497 e. The quantitative estimate of drug-likeness (QED) is 0.318. The molecule has 0 heterocycles. The smallest absolute Gasteiger partial charge is 0.243 e. The summed E-state index contributed by atoms with van der Waals surface area (Å²) in [5, 5.41) is 3.05. The molecule has 0 unspecified atom stereocenters. The van der Waals surface area contributed by atoms with Crippen molar-refractivity contribution in [3.63, 3.8) is 0 Å². The number of nitrogens with zero attached hydrogens (tertiary/aromatic N) is 2. The van der Waals surface area contributed by atoms with Crippen LogP contribution in [0.15, 0.2) is 89.8 Å². The highest BCUT2D eigenvalue weighted by Gasteiger charge is 2.32. The molecule has 0 aromatic heterocycles. The van der Waals surface area contributed by atoms with Gasteiger partial charge in [-0.15, -0.1) is 0 Å². The summed E-state index contributed by atoms with van der Waals surface area (Å²) in [5.74, 6) is 0.172. The lowest BCUT2D eigenvalue weighted by atomic mass is 10.00. The van der Waals surface area contributed by atoms with Gasteiger partial charge in [-0.25, -0.2) is 12.7 Å². The Kier molecular flexibility index (Phi) is 11.1. The van der Waals surface area contributed by atoms with E-state index < -0.39 is 21.6 Å². The van der Waals surface area contributed by atoms with Gasteiger partial charge in [0.2, 0.25) is 21.8 Å². The van der Waals surface area contributed by atoms with Gasteiger partial charge in [-0.1, -0.05) is 60.7 Å². The Balaban J connectivity index is 1.86. The van der Waals surface area contributed by atoms with Gasteiger partial charge < -0.3 is 15.0 Å². The van der Waals surface area contributed by atoms with Crippen LogP contribution >= 0.6 is 0 Å². The number of amides is 2. The van der Waals surface area contributed by atoms with Crippen LogP contribution in [0.5, 0.6) is 5.75 Å². The molecule has 0 aliphatic heterocycles. The molecule has 0 saturated carbocycles. The molecule has 220 valence electrons. The average molecular weight is 580 g/mol. The number of nitrogens with one attached hydrogen (secondary N) is 1. The number of carbonyl (C=O) groups excluding carboxylic acids is 2. The lowest BCUT2D eigenvalue weighted by molar-refractivity contribution is -0.142. The molecule has 0 bridgehead atoms. The van der Waals surface area contributed by atoms with Gasteiger partial charge in [0.05, 0.1) is 12.0 Å². The molecule has 0 spiro atoms. The first-order valence-corrected chi connectivity index (χ1v) is 15.1. The Hall–Kier alpha value is -3.69. The number of ether oxygens (including phenoxy) is 1. The summed E-state index contributed by atoms with van der Waals surface area (Å²) in [4.78, 5) is 29.3. The van der Waals surface area contributed by atoms with Gasteiger partial charge in [-0.05, 0) is 62.6 Å². The molecule has 3 rings (SSSR count). The van der Waals surface area contributed by atoms with Crippen molar-refractivity contribution in [3.8, 4) is 5.75 Å². The zero-order valence-electron chi connectivity index (χ0n) is 24.5. The molecular formula is C32H41N3O5S. The van der Waals surface area contributed by atoms with Gasteiger partial charge in [0, 0.05) is 38.5 Å². The molecule has 1 atom stereocenters. The number of hydrogen-bond acceptors (Lipinski definition) is 5. The highest BCUT2D eigenvalue weighted by atomic mass is 32.2. The summed E-state index contributed by atoms with van der Waals surface area (Å²) < 4.78 is 32.5. The zero-order valence-corrected chi connectivity index (χ0v) is 25.4. The van der Waals surface area contributed by atoms with E-state index in [0.717, 1.165) is 11.1 Å². The molecule has 0 aliphatic carbocycles. The van der Waals surface area contributed by atoms with Gasteiger partial charge in [-0.2, -0.15) is 0 Å². The van der Waals surface area contributed by atoms with Crippen LogP contribution in [-0.2, 0) is 32.6 Å². The summed E-state index contributed by atoms with van der Waals surface area (Å²) >= 11 is 0. The molecule has 0 fully saturated rings. The van der Waals surface area contributed by atoms with E-state index in [1.54, 1.807) is 42.3 Å². The van der Waals surface area contributed by atoms with E-state index in [-0.39, 0.29) is 36.2 Å². The molecule has 1 N–H and O–H groups in total. The SMILES string of the molecule is COc1cccc(CN(C(=O)CCCN(C)S(=O)(=O)c2ccccc2)[C@@H](Cc2ccccc2)C(=O)NC(C)(C)C)c1. The predicted octanol–water partition coefficient (Wildman–Crippen LogP) is 4.65. The number of carbonyl (C=O) groups is 2. The van der Waals surface area contributed by atoms with Crippen molar-refractivity contribution >= 4 is 21.8 Å². The van der Waals surface area contributed by atoms with Gasteiger partial charge in [0.25, 0.3) is 0 Å². The molecular weight excluding hydrogens is 538 g/mol. The molecule has 2 amide bonds. The minimum Gasteiger partial charge on any atom is -0.497 e. The Morgan fingerprint density at radius 2 is 1.51 bits per heavy atom. The average Bonchev–Trinajstić information content (AvgIpc) is 2.94. The second kappa shape index (κ2) is 14.3. The van der Waals surface area contributed by atoms with Gasteiger partial charge >= 0.3 is 0 Å². The minimum absolute atomic E-state index is 0.0761. The van der Waals surface area contributed by atoms with E-state index in [1.807, 2.05) is 75.4 Å². The number of rotatable bonds is 13. The second-order valence-corrected chi connectivity index (χ2v) is 13.1. The molecule has 3 aromatic rings. The molecule has 0 saturated heterocycles. The second-order valence-electron chi connectivity index (χ2n) is 11.1. The van der Waals surface area contributed by atoms with Crippen LogP contribution in [0.2, 0.25) is 0 Å². The molecule has 0 radical (unpaired) electrons. The normalized spacial score (nSPS) is 12.5. The van der Waals surface area contributed by atoms with Gasteiger partial charge in [0.15, 0.2) is 0 Å². The van der Waals surface area contributed by atoms with Crippen molar-refractivity contribution in [2.75, 3.05) is 20.7 Å². The first kappa shape index (κ1) is 31.8. The molecule has 0 aliphatic rings. The van der Waals surface area contributed by atoms with E-state index >= 15 is 0 Å². The Morgan fingerprint density at radius 3 is 2.12 bits per heavy atom. The lowest BCUT2D eigenvalue weighted by Gasteiger charge is -2.34. The van der Waals surface area contributed by atoms with Crippen LogP contribution in [0.3, 0.4) is 0 Å².